The zero-order valence-corrected chi connectivity index (χ0v) is 12.1. The molecule has 0 aliphatic rings. The van der Waals surface area contributed by atoms with E-state index in [1.807, 2.05) is 0 Å². The number of rotatable bonds is 8. The highest BCUT2D eigenvalue weighted by Crippen LogP contribution is 2.17. The standard InChI is InChI=1S/C16H20FNO3/c1-2-3-4-5-6-15(19)18-13-8-9-14(17)12(11-13)7-10-16(20)21/h7-11H,2-6H2,1H3,(H,18,19)(H,20,21)/b10-7+. The van der Waals surface area contributed by atoms with Crippen LogP contribution in [0.4, 0.5) is 10.1 Å². The first-order valence-electron chi connectivity index (χ1n) is 7.03. The minimum absolute atomic E-state index is 0.120. The first-order chi connectivity index (χ1) is 10.0. The average Bonchev–Trinajstić information content (AvgIpc) is 2.44. The summed E-state index contributed by atoms with van der Waals surface area (Å²) in [5, 5.41) is 11.2. The molecule has 0 atom stereocenters. The molecule has 4 nitrogen and oxygen atoms in total. The molecule has 1 aromatic rings. The Labute approximate surface area is 123 Å². The van der Waals surface area contributed by atoms with Crippen molar-refractivity contribution >= 4 is 23.6 Å². The van der Waals surface area contributed by atoms with Gasteiger partial charge in [0, 0.05) is 23.7 Å². The third-order valence-electron chi connectivity index (χ3n) is 2.94. The van der Waals surface area contributed by atoms with E-state index < -0.39 is 11.8 Å². The summed E-state index contributed by atoms with van der Waals surface area (Å²) in [6, 6.07) is 4.07. The molecule has 0 heterocycles. The molecular formula is C16H20FNO3. The molecule has 2 N–H and O–H groups in total. The molecule has 1 aromatic carbocycles. The van der Waals surface area contributed by atoms with Crippen LogP contribution in [0.5, 0.6) is 0 Å². The number of hydrogen-bond donors (Lipinski definition) is 2. The van der Waals surface area contributed by atoms with Crippen molar-refractivity contribution in [1.82, 2.24) is 0 Å². The fourth-order valence-electron chi connectivity index (χ4n) is 1.85. The maximum absolute atomic E-state index is 13.5. The van der Waals surface area contributed by atoms with Gasteiger partial charge in [0.2, 0.25) is 5.91 Å². The Morgan fingerprint density at radius 3 is 2.71 bits per heavy atom. The van der Waals surface area contributed by atoms with Crippen LogP contribution in [0, 0.1) is 5.82 Å². The number of carbonyl (C=O) groups excluding carboxylic acids is 1. The molecule has 0 saturated heterocycles. The number of hydrogen-bond acceptors (Lipinski definition) is 2. The van der Waals surface area contributed by atoms with E-state index in [0.29, 0.717) is 12.1 Å². The molecule has 0 radical (unpaired) electrons. The monoisotopic (exact) mass is 293 g/mol. The van der Waals surface area contributed by atoms with Crippen LogP contribution in [0.15, 0.2) is 24.3 Å². The molecule has 0 aliphatic carbocycles. The van der Waals surface area contributed by atoms with E-state index >= 15 is 0 Å². The van der Waals surface area contributed by atoms with Crippen LogP contribution >= 0.6 is 0 Å². The quantitative estimate of drug-likeness (QED) is 0.565. The lowest BCUT2D eigenvalue weighted by Crippen LogP contribution is -2.11. The van der Waals surface area contributed by atoms with Crippen molar-refractivity contribution < 1.29 is 19.1 Å². The molecule has 0 bridgehead atoms. The maximum Gasteiger partial charge on any atom is 0.328 e. The maximum atomic E-state index is 13.5. The van der Waals surface area contributed by atoms with Crippen molar-refractivity contribution in [2.24, 2.45) is 0 Å². The largest absolute Gasteiger partial charge is 0.478 e. The number of amides is 1. The second kappa shape index (κ2) is 8.89. The van der Waals surface area contributed by atoms with Crippen molar-refractivity contribution in [3.8, 4) is 0 Å². The van der Waals surface area contributed by atoms with Gasteiger partial charge in [0.05, 0.1) is 0 Å². The van der Waals surface area contributed by atoms with Gasteiger partial charge in [0.25, 0.3) is 0 Å². The molecule has 0 unspecified atom stereocenters. The van der Waals surface area contributed by atoms with Crippen LogP contribution in [0.3, 0.4) is 0 Å². The summed E-state index contributed by atoms with van der Waals surface area (Å²) in [7, 11) is 0. The van der Waals surface area contributed by atoms with E-state index in [1.54, 1.807) is 0 Å². The highest BCUT2D eigenvalue weighted by molar-refractivity contribution is 5.91. The lowest BCUT2D eigenvalue weighted by atomic mass is 10.1. The number of anilines is 1. The topological polar surface area (TPSA) is 66.4 Å². The SMILES string of the molecule is CCCCCCC(=O)Nc1ccc(F)c(/C=C/C(=O)O)c1. The second-order valence-electron chi connectivity index (χ2n) is 4.77. The van der Waals surface area contributed by atoms with E-state index in [2.05, 4.69) is 12.2 Å². The van der Waals surface area contributed by atoms with E-state index in [9.17, 15) is 14.0 Å². The summed E-state index contributed by atoms with van der Waals surface area (Å²) in [6.07, 6.45) is 6.50. The van der Waals surface area contributed by atoms with Crippen molar-refractivity contribution in [1.29, 1.82) is 0 Å². The van der Waals surface area contributed by atoms with Gasteiger partial charge in [-0.25, -0.2) is 9.18 Å². The smallest absolute Gasteiger partial charge is 0.328 e. The molecule has 21 heavy (non-hydrogen) atoms. The highest BCUT2D eigenvalue weighted by atomic mass is 19.1. The van der Waals surface area contributed by atoms with Gasteiger partial charge in [-0.15, -0.1) is 0 Å². The third-order valence-corrected chi connectivity index (χ3v) is 2.94. The van der Waals surface area contributed by atoms with Gasteiger partial charge in [0.15, 0.2) is 0 Å². The van der Waals surface area contributed by atoms with E-state index in [-0.39, 0.29) is 11.5 Å². The molecule has 0 fully saturated rings. The van der Waals surface area contributed by atoms with Gasteiger partial charge in [-0.1, -0.05) is 26.2 Å². The number of unbranched alkanes of at least 4 members (excludes halogenated alkanes) is 3. The molecule has 114 valence electrons. The van der Waals surface area contributed by atoms with E-state index in [0.717, 1.165) is 37.8 Å². The fourth-order valence-corrected chi connectivity index (χ4v) is 1.85. The van der Waals surface area contributed by atoms with Crippen LogP contribution in [0.1, 0.15) is 44.6 Å². The first kappa shape index (κ1) is 16.9. The zero-order chi connectivity index (χ0) is 15.7. The molecule has 1 amide bonds. The summed E-state index contributed by atoms with van der Waals surface area (Å²) in [5.74, 6) is -1.81. The third kappa shape index (κ3) is 6.70. The summed E-state index contributed by atoms with van der Waals surface area (Å²) in [5.41, 5.74) is 0.586. The Hall–Kier alpha value is -2.17. The number of halogens is 1. The van der Waals surface area contributed by atoms with Gasteiger partial charge in [-0.2, -0.15) is 0 Å². The minimum Gasteiger partial charge on any atom is -0.478 e. The van der Waals surface area contributed by atoms with Crippen molar-refractivity contribution in [2.45, 2.75) is 39.0 Å². The molecule has 0 saturated carbocycles. The first-order valence-corrected chi connectivity index (χ1v) is 7.03. The summed E-state index contributed by atoms with van der Waals surface area (Å²) < 4.78 is 13.5. The van der Waals surface area contributed by atoms with Crippen LogP contribution < -0.4 is 5.32 Å². The summed E-state index contributed by atoms with van der Waals surface area (Å²) >= 11 is 0. The fraction of sp³-hybridized carbons (Fsp3) is 0.375. The number of carboxylic acids is 1. The van der Waals surface area contributed by atoms with Crippen molar-refractivity contribution in [2.75, 3.05) is 5.32 Å². The van der Waals surface area contributed by atoms with Crippen LogP contribution in [0.25, 0.3) is 6.08 Å². The Balaban J connectivity index is 2.61. The predicted octanol–water partition coefficient (Wildman–Crippen LogP) is 3.83. The Bertz CT molecular complexity index is 526. The lowest BCUT2D eigenvalue weighted by Gasteiger charge is -2.06. The highest BCUT2D eigenvalue weighted by Gasteiger charge is 2.05. The predicted molar refractivity (Wildman–Crippen MR) is 80.5 cm³/mol. The molecule has 0 aromatic heterocycles. The number of benzene rings is 1. The van der Waals surface area contributed by atoms with Gasteiger partial charge < -0.3 is 10.4 Å². The van der Waals surface area contributed by atoms with Crippen molar-refractivity contribution in [3.63, 3.8) is 0 Å². The number of carbonyl (C=O) groups is 2. The normalized spacial score (nSPS) is 10.8. The Morgan fingerprint density at radius 1 is 1.29 bits per heavy atom. The van der Waals surface area contributed by atoms with E-state index in [1.165, 1.54) is 18.2 Å². The zero-order valence-electron chi connectivity index (χ0n) is 12.1. The second-order valence-corrected chi connectivity index (χ2v) is 4.77. The number of aliphatic carboxylic acids is 1. The van der Waals surface area contributed by atoms with Crippen molar-refractivity contribution in [3.05, 3.63) is 35.7 Å². The van der Waals surface area contributed by atoms with Gasteiger partial charge in [-0.3, -0.25) is 4.79 Å². The van der Waals surface area contributed by atoms with Crippen LogP contribution in [-0.4, -0.2) is 17.0 Å². The molecule has 5 heteroatoms. The Kier molecular flexibility index (Phi) is 7.15. The summed E-state index contributed by atoms with van der Waals surface area (Å²) in [6.45, 7) is 2.10. The number of carboxylic acid groups (broad SMARTS) is 1. The van der Waals surface area contributed by atoms with Gasteiger partial charge >= 0.3 is 5.97 Å². The van der Waals surface area contributed by atoms with Gasteiger partial charge in [0.1, 0.15) is 5.82 Å². The average molecular weight is 293 g/mol. The molecular weight excluding hydrogens is 273 g/mol. The van der Waals surface area contributed by atoms with Crippen LogP contribution in [-0.2, 0) is 9.59 Å². The molecule has 0 aliphatic heterocycles. The molecule has 1 rings (SSSR count). The van der Waals surface area contributed by atoms with E-state index in [4.69, 9.17) is 5.11 Å². The Morgan fingerprint density at radius 2 is 2.05 bits per heavy atom. The number of nitrogens with one attached hydrogen (secondary N) is 1. The molecule has 0 spiro atoms. The van der Waals surface area contributed by atoms with Crippen LogP contribution in [0.2, 0.25) is 0 Å². The minimum atomic E-state index is -1.15. The van der Waals surface area contributed by atoms with Gasteiger partial charge in [-0.05, 0) is 30.7 Å². The summed E-state index contributed by atoms with van der Waals surface area (Å²) in [4.78, 5) is 22.2. The lowest BCUT2D eigenvalue weighted by molar-refractivity contribution is -0.131.